The van der Waals surface area contributed by atoms with Crippen LogP contribution in [-0.2, 0) is 0 Å². The number of halogens is 1. The van der Waals surface area contributed by atoms with Crippen molar-refractivity contribution in [2.45, 2.75) is 38.4 Å². The molecule has 4 heteroatoms. The molecule has 19 heavy (non-hydrogen) atoms. The zero-order valence-electron chi connectivity index (χ0n) is 11.6. The van der Waals surface area contributed by atoms with Crippen molar-refractivity contribution in [2.75, 3.05) is 13.2 Å². The highest BCUT2D eigenvalue weighted by Crippen LogP contribution is 2.34. The van der Waals surface area contributed by atoms with Crippen LogP contribution in [0.5, 0.6) is 0 Å². The van der Waals surface area contributed by atoms with Gasteiger partial charge in [0.1, 0.15) is 0 Å². The molecule has 4 atom stereocenters. The lowest BCUT2D eigenvalue weighted by molar-refractivity contribution is 0.0928. The number of hydrogen-bond acceptors (Lipinski definition) is 3. The summed E-state index contributed by atoms with van der Waals surface area (Å²) in [6.45, 7) is 5.40. The van der Waals surface area contributed by atoms with Crippen LogP contribution >= 0.6 is 11.6 Å². The SMILES string of the molecule is CC(N)C(c1ccc(Cl)cc1)N1CCC(C)C1CO. The summed E-state index contributed by atoms with van der Waals surface area (Å²) in [6.07, 6.45) is 1.11. The minimum atomic E-state index is 0.0144. The van der Waals surface area contributed by atoms with Crippen LogP contribution < -0.4 is 5.73 Å². The minimum Gasteiger partial charge on any atom is -0.395 e. The highest BCUT2D eigenvalue weighted by Gasteiger charge is 2.37. The molecule has 1 heterocycles. The molecule has 1 aromatic rings. The van der Waals surface area contributed by atoms with E-state index < -0.39 is 0 Å². The van der Waals surface area contributed by atoms with E-state index in [0.717, 1.165) is 18.0 Å². The van der Waals surface area contributed by atoms with E-state index >= 15 is 0 Å². The van der Waals surface area contributed by atoms with Crippen molar-refractivity contribution < 1.29 is 5.11 Å². The molecule has 3 nitrogen and oxygen atoms in total. The molecule has 1 fully saturated rings. The van der Waals surface area contributed by atoms with Gasteiger partial charge in [0.05, 0.1) is 12.6 Å². The van der Waals surface area contributed by atoms with Crippen molar-refractivity contribution in [1.29, 1.82) is 0 Å². The Hall–Kier alpha value is -0.610. The van der Waals surface area contributed by atoms with Gasteiger partial charge in [0, 0.05) is 17.1 Å². The number of benzene rings is 1. The highest BCUT2D eigenvalue weighted by molar-refractivity contribution is 6.30. The summed E-state index contributed by atoms with van der Waals surface area (Å²) in [5, 5.41) is 10.4. The van der Waals surface area contributed by atoms with E-state index in [9.17, 15) is 5.11 Å². The second-order valence-electron chi connectivity index (χ2n) is 5.61. The van der Waals surface area contributed by atoms with E-state index in [1.807, 2.05) is 31.2 Å². The van der Waals surface area contributed by atoms with Gasteiger partial charge >= 0.3 is 0 Å². The summed E-state index contributed by atoms with van der Waals surface area (Å²) in [5.41, 5.74) is 7.37. The molecule has 4 unspecified atom stereocenters. The standard InChI is InChI=1S/C15H23ClN2O/c1-10-7-8-18(14(10)9-19)15(11(2)17)12-3-5-13(16)6-4-12/h3-6,10-11,14-15,19H,7-9,17H2,1-2H3. The highest BCUT2D eigenvalue weighted by atomic mass is 35.5. The van der Waals surface area contributed by atoms with Crippen LogP contribution in [0.2, 0.25) is 5.02 Å². The fourth-order valence-corrected chi connectivity index (χ4v) is 3.25. The Morgan fingerprint density at radius 2 is 2.05 bits per heavy atom. The second kappa shape index (κ2) is 6.23. The minimum absolute atomic E-state index is 0.0144. The van der Waals surface area contributed by atoms with Gasteiger partial charge in [0.2, 0.25) is 0 Å². The first-order chi connectivity index (χ1) is 9.04. The van der Waals surface area contributed by atoms with Crippen LogP contribution in [0, 0.1) is 5.92 Å². The van der Waals surface area contributed by atoms with E-state index in [1.165, 1.54) is 5.56 Å². The Morgan fingerprint density at radius 3 is 2.58 bits per heavy atom. The number of aliphatic hydroxyl groups is 1. The van der Waals surface area contributed by atoms with Crippen LogP contribution in [0.1, 0.15) is 31.9 Å². The van der Waals surface area contributed by atoms with Crippen molar-refractivity contribution in [3.05, 3.63) is 34.9 Å². The van der Waals surface area contributed by atoms with Gasteiger partial charge in [-0.25, -0.2) is 0 Å². The molecular weight excluding hydrogens is 260 g/mol. The molecule has 106 valence electrons. The molecule has 0 spiro atoms. The van der Waals surface area contributed by atoms with Gasteiger partial charge in [-0.05, 0) is 43.5 Å². The van der Waals surface area contributed by atoms with Gasteiger partial charge in [-0.1, -0.05) is 30.7 Å². The van der Waals surface area contributed by atoms with Gasteiger partial charge in [-0.3, -0.25) is 4.90 Å². The number of nitrogens with zero attached hydrogens (tertiary/aromatic N) is 1. The number of aliphatic hydroxyl groups excluding tert-OH is 1. The molecule has 1 aliphatic rings. The third-order valence-electron chi connectivity index (χ3n) is 4.18. The topological polar surface area (TPSA) is 49.5 Å². The van der Waals surface area contributed by atoms with Gasteiger partial charge in [0.15, 0.2) is 0 Å². The van der Waals surface area contributed by atoms with Gasteiger partial charge in [-0.15, -0.1) is 0 Å². The van der Waals surface area contributed by atoms with E-state index in [1.54, 1.807) is 0 Å². The van der Waals surface area contributed by atoms with E-state index in [4.69, 9.17) is 17.3 Å². The van der Waals surface area contributed by atoms with Crippen molar-refractivity contribution in [3.63, 3.8) is 0 Å². The molecule has 0 saturated carbocycles. The first-order valence-electron chi connectivity index (χ1n) is 6.92. The number of likely N-dealkylation sites (tertiary alicyclic amines) is 1. The third-order valence-corrected chi connectivity index (χ3v) is 4.43. The smallest absolute Gasteiger partial charge is 0.0589 e. The first kappa shape index (κ1) is 14.8. The molecule has 0 amide bonds. The fourth-order valence-electron chi connectivity index (χ4n) is 3.12. The molecular formula is C15H23ClN2O. The monoisotopic (exact) mass is 282 g/mol. The predicted molar refractivity (Wildman–Crippen MR) is 79.2 cm³/mol. The van der Waals surface area contributed by atoms with E-state index in [0.29, 0.717) is 5.92 Å². The Kier molecular flexibility index (Phi) is 4.85. The first-order valence-corrected chi connectivity index (χ1v) is 7.30. The summed E-state index contributed by atoms with van der Waals surface area (Å²) in [4.78, 5) is 2.35. The Balaban J connectivity index is 2.28. The maximum absolute atomic E-state index is 9.62. The van der Waals surface area contributed by atoms with E-state index in [-0.39, 0.29) is 24.7 Å². The Labute approximate surface area is 120 Å². The lowest BCUT2D eigenvalue weighted by atomic mass is 9.97. The number of hydrogen-bond donors (Lipinski definition) is 2. The Bertz CT molecular complexity index is 407. The summed E-state index contributed by atoms with van der Waals surface area (Å²) < 4.78 is 0. The van der Waals surface area contributed by atoms with Crippen LogP contribution in [0.15, 0.2) is 24.3 Å². The summed E-state index contributed by atoms with van der Waals surface area (Å²) in [6, 6.07) is 8.23. The largest absolute Gasteiger partial charge is 0.395 e. The van der Waals surface area contributed by atoms with Gasteiger partial charge in [0.25, 0.3) is 0 Å². The summed E-state index contributed by atoms with van der Waals surface area (Å²) in [5.74, 6) is 0.513. The van der Waals surface area contributed by atoms with Crippen molar-refractivity contribution in [2.24, 2.45) is 11.7 Å². The van der Waals surface area contributed by atoms with Crippen molar-refractivity contribution in [1.82, 2.24) is 4.90 Å². The van der Waals surface area contributed by atoms with Crippen molar-refractivity contribution >= 4 is 11.6 Å². The molecule has 0 bridgehead atoms. The van der Waals surface area contributed by atoms with Crippen LogP contribution in [0.25, 0.3) is 0 Å². The fraction of sp³-hybridized carbons (Fsp3) is 0.600. The van der Waals surface area contributed by atoms with Crippen LogP contribution in [0.4, 0.5) is 0 Å². The average molecular weight is 283 g/mol. The lowest BCUT2D eigenvalue weighted by Gasteiger charge is -2.36. The average Bonchev–Trinajstić information content (AvgIpc) is 2.73. The number of rotatable bonds is 4. The molecule has 3 N–H and O–H groups in total. The predicted octanol–water partition coefficient (Wildman–Crippen LogP) is 2.43. The molecule has 0 radical (unpaired) electrons. The molecule has 1 saturated heterocycles. The molecule has 1 aliphatic heterocycles. The zero-order chi connectivity index (χ0) is 14.0. The Morgan fingerprint density at radius 1 is 1.42 bits per heavy atom. The molecule has 1 aromatic carbocycles. The molecule has 0 aliphatic carbocycles. The summed E-state index contributed by atoms with van der Waals surface area (Å²) >= 11 is 5.95. The summed E-state index contributed by atoms with van der Waals surface area (Å²) in [7, 11) is 0. The zero-order valence-corrected chi connectivity index (χ0v) is 12.3. The quantitative estimate of drug-likeness (QED) is 0.892. The van der Waals surface area contributed by atoms with Crippen molar-refractivity contribution in [3.8, 4) is 0 Å². The third kappa shape index (κ3) is 3.11. The second-order valence-corrected chi connectivity index (χ2v) is 6.05. The number of nitrogens with two attached hydrogens (primary N) is 1. The molecule has 0 aromatic heterocycles. The van der Waals surface area contributed by atoms with Crippen LogP contribution in [-0.4, -0.2) is 35.2 Å². The van der Waals surface area contributed by atoms with Crippen LogP contribution in [0.3, 0.4) is 0 Å². The van der Waals surface area contributed by atoms with Gasteiger partial charge < -0.3 is 10.8 Å². The van der Waals surface area contributed by atoms with E-state index in [2.05, 4.69) is 11.8 Å². The normalized spacial score (nSPS) is 27.4. The maximum atomic E-state index is 9.62. The lowest BCUT2D eigenvalue weighted by Crippen LogP contribution is -2.44. The maximum Gasteiger partial charge on any atom is 0.0589 e. The van der Waals surface area contributed by atoms with Gasteiger partial charge in [-0.2, -0.15) is 0 Å². The molecule has 2 rings (SSSR count).